The van der Waals surface area contributed by atoms with Gasteiger partial charge in [-0.15, -0.1) is 0 Å². The standard InChI is InChI=1S/C17H16Cl2N2O3S/c18-14-3-1-11(7-15(14)19)21-25(22,23)12-2-4-16-13(8-12)17-10(9-20-16)5-6-24-17/h1-4,7-8,10,17,20-21H,5-6,9H2/t10-,17-/m0/s1. The number of hydrogen-bond donors (Lipinski definition) is 2. The molecule has 1 fully saturated rings. The molecule has 132 valence electrons. The molecule has 8 heteroatoms. The summed E-state index contributed by atoms with van der Waals surface area (Å²) in [4.78, 5) is 0.190. The normalized spacial score (nSPS) is 22.0. The van der Waals surface area contributed by atoms with Gasteiger partial charge >= 0.3 is 0 Å². The first-order chi connectivity index (χ1) is 11.9. The number of ether oxygens (including phenoxy) is 1. The summed E-state index contributed by atoms with van der Waals surface area (Å²) in [5.74, 6) is 0.383. The van der Waals surface area contributed by atoms with Gasteiger partial charge in [0.05, 0.1) is 26.7 Å². The Balaban J connectivity index is 1.66. The molecule has 2 atom stereocenters. The summed E-state index contributed by atoms with van der Waals surface area (Å²) in [6.07, 6.45) is 0.937. The number of nitrogens with one attached hydrogen (secondary N) is 2. The topological polar surface area (TPSA) is 67.4 Å². The molecule has 0 aromatic heterocycles. The van der Waals surface area contributed by atoms with Crippen LogP contribution in [-0.2, 0) is 14.8 Å². The molecule has 5 nitrogen and oxygen atoms in total. The van der Waals surface area contributed by atoms with E-state index in [0.29, 0.717) is 28.3 Å². The van der Waals surface area contributed by atoms with Gasteiger partial charge in [0.25, 0.3) is 10.0 Å². The average molecular weight is 399 g/mol. The zero-order chi connectivity index (χ0) is 17.6. The van der Waals surface area contributed by atoms with E-state index in [0.717, 1.165) is 24.2 Å². The van der Waals surface area contributed by atoms with Crippen molar-refractivity contribution in [2.24, 2.45) is 5.92 Å². The Hall–Kier alpha value is -1.47. The van der Waals surface area contributed by atoms with Crippen molar-refractivity contribution in [2.75, 3.05) is 23.2 Å². The minimum Gasteiger partial charge on any atom is -0.384 e. The molecule has 0 radical (unpaired) electrons. The minimum atomic E-state index is -3.74. The van der Waals surface area contributed by atoms with E-state index in [-0.39, 0.29) is 11.0 Å². The maximum absolute atomic E-state index is 12.7. The second-order valence-electron chi connectivity index (χ2n) is 6.20. The molecule has 4 rings (SSSR count). The summed E-state index contributed by atoms with van der Waals surface area (Å²) < 4.78 is 33.8. The van der Waals surface area contributed by atoms with E-state index in [4.69, 9.17) is 27.9 Å². The van der Waals surface area contributed by atoms with Crippen LogP contribution < -0.4 is 10.0 Å². The predicted molar refractivity (Wildman–Crippen MR) is 99.0 cm³/mol. The molecule has 2 aromatic rings. The summed E-state index contributed by atoms with van der Waals surface area (Å²) in [5, 5.41) is 4.01. The minimum absolute atomic E-state index is 0.0450. The zero-order valence-corrected chi connectivity index (χ0v) is 15.5. The molecule has 25 heavy (non-hydrogen) atoms. The third-order valence-electron chi connectivity index (χ3n) is 4.58. The third kappa shape index (κ3) is 3.19. The van der Waals surface area contributed by atoms with Gasteiger partial charge in [0, 0.05) is 30.3 Å². The Kier molecular flexibility index (Phi) is 4.32. The van der Waals surface area contributed by atoms with Crippen LogP contribution in [0.15, 0.2) is 41.3 Å². The van der Waals surface area contributed by atoms with E-state index in [2.05, 4.69) is 10.0 Å². The number of anilines is 2. The van der Waals surface area contributed by atoms with E-state index < -0.39 is 10.0 Å². The van der Waals surface area contributed by atoms with Crippen LogP contribution >= 0.6 is 23.2 Å². The zero-order valence-electron chi connectivity index (χ0n) is 13.1. The quantitative estimate of drug-likeness (QED) is 0.808. The van der Waals surface area contributed by atoms with E-state index >= 15 is 0 Å². The highest BCUT2D eigenvalue weighted by molar-refractivity contribution is 7.92. The van der Waals surface area contributed by atoms with Gasteiger partial charge in [-0.25, -0.2) is 8.42 Å². The van der Waals surface area contributed by atoms with E-state index in [1.165, 1.54) is 6.07 Å². The van der Waals surface area contributed by atoms with Gasteiger partial charge < -0.3 is 10.1 Å². The summed E-state index contributed by atoms with van der Waals surface area (Å²) in [7, 11) is -3.74. The summed E-state index contributed by atoms with van der Waals surface area (Å²) in [6, 6.07) is 9.66. The lowest BCUT2D eigenvalue weighted by molar-refractivity contribution is 0.0911. The van der Waals surface area contributed by atoms with Crippen LogP contribution in [-0.4, -0.2) is 21.6 Å². The smallest absolute Gasteiger partial charge is 0.261 e. The van der Waals surface area contributed by atoms with E-state index in [9.17, 15) is 8.42 Å². The summed E-state index contributed by atoms with van der Waals surface area (Å²) in [5.41, 5.74) is 2.18. The Morgan fingerprint density at radius 1 is 1.12 bits per heavy atom. The monoisotopic (exact) mass is 398 g/mol. The number of fused-ring (bicyclic) bond motifs is 3. The second-order valence-corrected chi connectivity index (χ2v) is 8.70. The second kappa shape index (κ2) is 6.36. The maximum atomic E-state index is 12.7. The van der Waals surface area contributed by atoms with Crippen molar-refractivity contribution in [2.45, 2.75) is 17.4 Å². The van der Waals surface area contributed by atoms with Crippen molar-refractivity contribution in [1.29, 1.82) is 0 Å². The lowest BCUT2D eigenvalue weighted by Gasteiger charge is -2.28. The molecule has 0 unspecified atom stereocenters. The molecule has 0 bridgehead atoms. The average Bonchev–Trinajstić information content (AvgIpc) is 3.06. The Morgan fingerprint density at radius 2 is 1.96 bits per heavy atom. The predicted octanol–water partition coefficient (Wildman–Crippen LogP) is 4.30. The van der Waals surface area contributed by atoms with Gasteiger partial charge in [-0.05, 0) is 42.8 Å². The van der Waals surface area contributed by atoms with Crippen molar-refractivity contribution in [3.8, 4) is 0 Å². The van der Waals surface area contributed by atoms with Crippen molar-refractivity contribution in [3.05, 3.63) is 52.0 Å². The molecule has 1 saturated heterocycles. The molecule has 0 amide bonds. The van der Waals surface area contributed by atoms with Gasteiger partial charge in [0.1, 0.15) is 0 Å². The van der Waals surface area contributed by atoms with Crippen molar-refractivity contribution < 1.29 is 13.2 Å². The fourth-order valence-corrected chi connectivity index (χ4v) is 4.69. The first-order valence-corrected chi connectivity index (χ1v) is 10.2. The highest BCUT2D eigenvalue weighted by Gasteiger charge is 2.35. The largest absolute Gasteiger partial charge is 0.384 e. The molecule has 2 N–H and O–H groups in total. The van der Waals surface area contributed by atoms with E-state index in [1.807, 2.05) is 0 Å². The molecule has 0 aliphatic carbocycles. The van der Waals surface area contributed by atoms with Crippen LogP contribution in [0.2, 0.25) is 10.0 Å². The summed E-state index contributed by atoms with van der Waals surface area (Å²) in [6.45, 7) is 1.56. The van der Waals surface area contributed by atoms with Crippen LogP contribution in [0.1, 0.15) is 18.1 Å². The lowest BCUT2D eigenvalue weighted by Crippen LogP contribution is -2.25. The Bertz CT molecular complexity index is 933. The number of hydrogen-bond acceptors (Lipinski definition) is 4. The lowest BCUT2D eigenvalue weighted by atomic mass is 9.91. The van der Waals surface area contributed by atoms with Crippen molar-refractivity contribution in [3.63, 3.8) is 0 Å². The van der Waals surface area contributed by atoms with Crippen molar-refractivity contribution >= 4 is 44.6 Å². The molecule has 2 aliphatic heterocycles. The molecule has 2 aromatic carbocycles. The van der Waals surface area contributed by atoms with Crippen LogP contribution in [0.5, 0.6) is 0 Å². The van der Waals surface area contributed by atoms with Crippen LogP contribution in [0.4, 0.5) is 11.4 Å². The third-order valence-corrected chi connectivity index (χ3v) is 6.70. The van der Waals surface area contributed by atoms with E-state index in [1.54, 1.807) is 30.3 Å². The molecular formula is C17H16Cl2N2O3S. The first-order valence-electron chi connectivity index (χ1n) is 7.91. The van der Waals surface area contributed by atoms with Gasteiger partial charge in [0.2, 0.25) is 0 Å². The molecule has 0 spiro atoms. The van der Waals surface area contributed by atoms with Crippen LogP contribution in [0, 0.1) is 5.92 Å². The number of benzene rings is 2. The fraction of sp³-hybridized carbons (Fsp3) is 0.294. The molecule has 2 aliphatic rings. The Labute approximate surface area is 156 Å². The van der Waals surface area contributed by atoms with Gasteiger partial charge in [-0.2, -0.15) is 0 Å². The number of halogens is 2. The maximum Gasteiger partial charge on any atom is 0.261 e. The molecule has 0 saturated carbocycles. The summed E-state index contributed by atoms with van der Waals surface area (Å²) >= 11 is 11.8. The van der Waals surface area contributed by atoms with Gasteiger partial charge in [0.15, 0.2) is 0 Å². The Morgan fingerprint density at radius 3 is 2.76 bits per heavy atom. The van der Waals surface area contributed by atoms with Crippen LogP contribution in [0.25, 0.3) is 0 Å². The van der Waals surface area contributed by atoms with Crippen molar-refractivity contribution in [1.82, 2.24) is 0 Å². The number of rotatable bonds is 3. The highest BCUT2D eigenvalue weighted by Crippen LogP contribution is 2.42. The highest BCUT2D eigenvalue weighted by atomic mass is 35.5. The fourth-order valence-electron chi connectivity index (χ4n) is 3.31. The number of sulfonamides is 1. The van der Waals surface area contributed by atoms with Gasteiger partial charge in [-0.1, -0.05) is 23.2 Å². The SMILES string of the molecule is O=S(=O)(Nc1ccc(Cl)c(Cl)c1)c1ccc2c(c1)[C@H]1OCC[C@H]1CN2. The first kappa shape index (κ1) is 17.0. The molecular weight excluding hydrogens is 383 g/mol. The molecule has 2 heterocycles. The van der Waals surface area contributed by atoms with Gasteiger partial charge in [-0.3, -0.25) is 4.72 Å². The van der Waals surface area contributed by atoms with Crippen LogP contribution in [0.3, 0.4) is 0 Å².